The molecule has 1 heterocycles. The van der Waals surface area contributed by atoms with Gasteiger partial charge in [0.2, 0.25) is 0 Å². The monoisotopic (exact) mass is 155 g/mol. The van der Waals surface area contributed by atoms with Gasteiger partial charge in [-0.2, -0.15) is 5.26 Å². The van der Waals surface area contributed by atoms with Crippen LogP contribution in [-0.4, -0.2) is 22.9 Å². The Balaban J connectivity index is 2.69. The van der Waals surface area contributed by atoms with E-state index in [2.05, 4.69) is 0 Å². The summed E-state index contributed by atoms with van der Waals surface area (Å²) < 4.78 is 5.35. The molecule has 0 amide bonds. The lowest BCUT2D eigenvalue weighted by molar-refractivity contribution is -0.121. The average Bonchev–Trinajstić information content (AvgIpc) is 1.85. The molecular formula is C8H13NO2. The molecule has 0 unspecified atom stereocenters. The minimum atomic E-state index is -1.16. The van der Waals surface area contributed by atoms with E-state index in [4.69, 9.17) is 10.00 Å². The Morgan fingerprint density at radius 3 is 2.55 bits per heavy atom. The topological polar surface area (TPSA) is 53.2 Å². The molecule has 1 fully saturated rings. The minimum Gasteiger partial charge on any atom is -0.375 e. The van der Waals surface area contributed by atoms with Crippen molar-refractivity contribution in [2.75, 3.05) is 6.61 Å². The molecule has 0 spiro atoms. The zero-order valence-electron chi connectivity index (χ0n) is 6.92. The maximum absolute atomic E-state index is 9.57. The van der Waals surface area contributed by atoms with Crippen LogP contribution in [0.15, 0.2) is 0 Å². The van der Waals surface area contributed by atoms with Crippen LogP contribution < -0.4 is 0 Å². The fourth-order valence-electron chi connectivity index (χ4n) is 1.44. The summed E-state index contributed by atoms with van der Waals surface area (Å²) in [4.78, 5) is 0. The molecule has 1 atom stereocenters. The molecule has 1 aliphatic heterocycles. The summed E-state index contributed by atoms with van der Waals surface area (Å²) in [5.41, 5.74) is -1.52. The lowest BCUT2D eigenvalue weighted by Crippen LogP contribution is -2.44. The minimum absolute atomic E-state index is 0.358. The lowest BCUT2D eigenvalue weighted by Gasteiger charge is -2.37. The Morgan fingerprint density at radius 1 is 1.55 bits per heavy atom. The first kappa shape index (κ1) is 8.51. The van der Waals surface area contributed by atoms with Crippen molar-refractivity contribution in [2.24, 2.45) is 0 Å². The average molecular weight is 155 g/mol. The molecule has 62 valence electrons. The van der Waals surface area contributed by atoms with Crippen LogP contribution in [0.25, 0.3) is 0 Å². The van der Waals surface area contributed by atoms with E-state index in [-0.39, 0.29) is 5.60 Å². The normalized spacial score (nSPS) is 36.2. The molecule has 0 bridgehead atoms. The molecule has 3 nitrogen and oxygen atoms in total. The summed E-state index contributed by atoms with van der Waals surface area (Å²) in [6.07, 6.45) is 0.823. The third-order valence-electron chi connectivity index (χ3n) is 1.93. The Morgan fingerprint density at radius 2 is 2.18 bits per heavy atom. The van der Waals surface area contributed by atoms with Gasteiger partial charge in [0.15, 0.2) is 5.60 Å². The van der Waals surface area contributed by atoms with Gasteiger partial charge in [0.05, 0.1) is 18.3 Å². The van der Waals surface area contributed by atoms with Crippen molar-refractivity contribution in [1.82, 2.24) is 0 Å². The first-order chi connectivity index (χ1) is 4.97. The van der Waals surface area contributed by atoms with Crippen molar-refractivity contribution < 1.29 is 9.84 Å². The second-order valence-electron chi connectivity index (χ2n) is 3.68. The number of aliphatic hydroxyl groups is 1. The molecule has 0 aromatic carbocycles. The van der Waals surface area contributed by atoms with Crippen LogP contribution in [0.2, 0.25) is 0 Å². The fraction of sp³-hybridized carbons (Fsp3) is 0.875. The quantitative estimate of drug-likeness (QED) is 0.527. The second-order valence-corrected chi connectivity index (χ2v) is 3.68. The highest BCUT2D eigenvalue weighted by Crippen LogP contribution is 2.30. The van der Waals surface area contributed by atoms with Crippen LogP contribution >= 0.6 is 0 Å². The summed E-state index contributed by atoms with van der Waals surface area (Å²) in [6.45, 7) is 4.24. The Hall–Kier alpha value is -0.590. The predicted molar refractivity (Wildman–Crippen MR) is 39.8 cm³/mol. The number of rotatable bonds is 0. The smallest absolute Gasteiger partial charge is 0.155 e. The van der Waals surface area contributed by atoms with Crippen molar-refractivity contribution in [3.63, 3.8) is 0 Å². The van der Waals surface area contributed by atoms with Crippen molar-refractivity contribution in [3.8, 4) is 6.07 Å². The molecule has 1 aliphatic rings. The first-order valence-electron chi connectivity index (χ1n) is 3.75. The van der Waals surface area contributed by atoms with Crippen molar-refractivity contribution in [2.45, 2.75) is 37.9 Å². The molecule has 0 saturated carbocycles. The summed E-state index contributed by atoms with van der Waals surface area (Å²) >= 11 is 0. The van der Waals surface area contributed by atoms with E-state index in [1.165, 1.54) is 0 Å². The SMILES string of the molecule is CC1(C)C[C@@](O)(C#N)CCO1. The van der Waals surface area contributed by atoms with Crippen molar-refractivity contribution in [1.29, 1.82) is 5.26 Å². The van der Waals surface area contributed by atoms with Crippen LogP contribution in [0.3, 0.4) is 0 Å². The van der Waals surface area contributed by atoms with E-state index >= 15 is 0 Å². The number of ether oxygens (including phenoxy) is 1. The van der Waals surface area contributed by atoms with Crippen LogP contribution in [-0.2, 0) is 4.74 Å². The Labute approximate surface area is 66.6 Å². The van der Waals surface area contributed by atoms with E-state index in [1.54, 1.807) is 0 Å². The van der Waals surface area contributed by atoms with E-state index in [9.17, 15) is 5.11 Å². The highest BCUT2D eigenvalue weighted by atomic mass is 16.5. The zero-order valence-corrected chi connectivity index (χ0v) is 6.92. The molecule has 0 aromatic heterocycles. The second kappa shape index (κ2) is 2.47. The highest BCUT2D eigenvalue weighted by molar-refractivity contribution is 5.05. The zero-order chi connectivity index (χ0) is 8.54. The van der Waals surface area contributed by atoms with Gasteiger partial charge < -0.3 is 9.84 Å². The standard InChI is InChI=1S/C8H13NO2/c1-7(2)5-8(10,6-9)3-4-11-7/h10H,3-5H2,1-2H3/t8-/m1/s1. The van der Waals surface area contributed by atoms with Crippen molar-refractivity contribution >= 4 is 0 Å². The van der Waals surface area contributed by atoms with Gasteiger partial charge in [-0.3, -0.25) is 0 Å². The largest absolute Gasteiger partial charge is 0.375 e. The molecule has 1 saturated heterocycles. The third kappa shape index (κ3) is 1.92. The first-order valence-corrected chi connectivity index (χ1v) is 3.75. The van der Waals surface area contributed by atoms with Gasteiger partial charge in [-0.25, -0.2) is 0 Å². The van der Waals surface area contributed by atoms with Crippen LogP contribution in [0, 0.1) is 11.3 Å². The van der Waals surface area contributed by atoms with Gasteiger partial charge in [0.1, 0.15) is 0 Å². The van der Waals surface area contributed by atoms with Gasteiger partial charge in [0.25, 0.3) is 0 Å². The van der Waals surface area contributed by atoms with Crippen LogP contribution in [0.5, 0.6) is 0 Å². The fourth-order valence-corrected chi connectivity index (χ4v) is 1.44. The molecule has 11 heavy (non-hydrogen) atoms. The maximum atomic E-state index is 9.57. The molecule has 3 heteroatoms. The molecule has 1 N–H and O–H groups in total. The van der Waals surface area contributed by atoms with E-state index in [0.717, 1.165) is 0 Å². The predicted octanol–water partition coefficient (Wildman–Crippen LogP) is 0.830. The van der Waals surface area contributed by atoms with Crippen LogP contribution in [0.4, 0.5) is 0 Å². The number of hydrogen-bond donors (Lipinski definition) is 1. The Kier molecular flexibility index (Phi) is 1.91. The van der Waals surface area contributed by atoms with Crippen LogP contribution in [0.1, 0.15) is 26.7 Å². The maximum Gasteiger partial charge on any atom is 0.155 e. The summed E-state index contributed by atoms with van der Waals surface area (Å²) in [5, 5.41) is 18.2. The number of hydrogen-bond acceptors (Lipinski definition) is 3. The van der Waals surface area contributed by atoms with Gasteiger partial charge in [0, 0.05) is 12.8 Å². The lowest BCUT2D eigenvalue weighted by atomic mass is 9.85. The molecule has 0 aromatic rings. The summed E-state index contributed by atoms with van der Waals surface area (Å²) in [7, 11) is 0. The van der Waals surface area contributed by atoms with E-state index < -0.39 is 5.60 Å². The van der Waals surface area contributed by atoms with Gasteiger partial charge >= 0.3 is 0 Å². The van der Waals surface area contributed by atoms with E-state index in [0.29, 0.717) is 19.4 Å². The molecule has 0 radical (unpaired) electrons. The van der Waals surface area contributed by atoms with Gasteiger partial charge in [-0.1, -0.05) is 0 Å². The Bertz CT molecular complexity index is 195. The molecule has 0 aliphatic carbocycles. The van der Waals surface area contributed by atoms with Crippen molar-refractivity contribution in [3.05, 3.63) is 0 Å². The number of nitriles is 1. The van der Waals surface area contributed by atoms with Gasteiger partial charge in [-0.05, 0) is 13.8 Å². The highest BCUT2D eigenvalue weighted by Gasteiger charge is 2.39. The number of nitrogens with zero attached hydrogens (tertiary/aromatic N) is 1. The summed E-state index contributed by atoms with van der Waals surface area (Å²) in [5.74, 6) is 0. The molecule has 1 rings (SSSR count). The van der Waals surface area contributed by atoms with E-state index in [1.807, 2.05) is 19.9 Å². The summed E-state index contributed by atoms with van der Waals surface area (Å²) in [6, 6.07) is 1.91. The third-order valence-corrected chi connectivity index (χ3v) is 1.93. The molecular weight excluding hydrogens is 142 g/mol. The van der Waals surface area contributed by atoms with Gasteiger partial charge in [-0.15, -0.1) is 0 Å².